The Morgan fingerprint density at radius 2 is 2.22 bits per heavy atom. The van der Waals surface area contributed by atoms with Gasteiger partial charge in [0.2, 0.25) is 0 Å². The fraction of sp³-hybridized carbons (Fsp3) is 0.286. The molecule has 0 bridgehead atoms. The summed E-state index contributed by atoms with van der Waals surface area (Å²) in [5.41, 5.74) is 2.27. The number of carbonyl (C=O) groups excluding carboxylic acids is 2. The van der Waals surface area contributed by atoms with Crippen molar-refractivity contribution < 1.29 is 9.59 Å². The molecule has 1 fully saturated rings. The number of anilines is 1. The molecule has 0 aromatic heterocycles. The third kappa shape index (κ3) is 2.21. The molecular formula is C14H12N2O2. The SMILES string of the molecule is O=C(C#CC1CC1)Nc1ccc2c(c1)CNC2=O. The van der Waals surface area contributed by atoms with Gasteiger partial charge in [-0.15, -0.1) is 0 Å². The summed E-state index contributed by atoms with van der Waals surface area (Å²) in [7, 11) is 0. The van der Waals surface area contributed by atoms with Crippen molar-refractivity contribution in [3.8, 4) is 11.8 Å². The molecule has 1 aromatic carbocycles. The molecule has 3 rings (SSSR count). The zero-order valence-corrected chi connectivity index (χ0v) is 9.75. The van der Waals surface area contributed by atoms with Crippen molar-refractivity contribution in [1.82, 2.24) is 5.32 Å². The van der Waals surface area contributed by atoms with Crippen LogP contribution in [0.15, 0.2) is 18.2 Å². The van der Waals surface area contributed by atoms with E-state index in [-0.39, 0.29) is 11.8 Å². The first-order valence-electron chi connectivity index (χ1n) is 5.96. The molecule has 2 amide bonds. The van der Waals surface area contributed by atoms with Gasteiger partial charge >= 0.3 is 0 Å². The summed E-state index contributed by atoms with van der Waals surface area (Å²) in [6.45, 7) is 0.519. The zero-order valence-electron chi connectivity index (χ0n) is 9.75. The number of amides is 2. The van der Waals surface area contributed by atoms with E-state index in [0.29, 0.717) is 23.7 Å². The van der Waals surface area contributed by atoms with Crippen molar-refractivity contribution in [3.63, 3.8) is 0 Å². The summed E-state index contributed by atoms with van der Waals surface area (Å²) in [5, 5.41) is 5.45. The molecule has 1 aromatic rings. The highest BCUT2D eigenvalue weighted by atomic mass is 16.2. The summed E-state index contributed by atoms with van der Waals surface area (Å²) in [5.74, 6) is 5.56. The normalized spacial score (nSPS) is 16.3. The molecule has 0 atom stereocenters. The molecule has 18 heavy (non-hydrogen) atoms. The van der Waals surface area contributed by atoms with E-state index in [0.717, 1.165) is 18.4 Å². The van der Waals surface area contributed by atoms with Gasteiger partial charge in [-0.1, -0.05) is 5.92 Å². The number of rotatable bonds is 1. The van der Waals surface area contributed by atoms with Crippen molar-refractivity contribution in [2.24, 2.45) is 5.92 Å². The van der Waals surface area contributed by atoms with Crippen LogP contribution in [0.3, 0.4) is 0 Å². The van der Waals surface area contributed by atoms with Crippen molar-refractivity contribution in [2.75, 3.05) is 5.32 Å². The van der Waals surface area contributed by atoms with Gasteiger partial charge in [-0.05, 0) is 42.5 Å². The molecule has 0 spiro atoms. The third-order valence-electron chi connectivity index (χ3n) is 3.01. The quantitative estimate of drug-likeness (QED) is 0.726. The van der Waals surface area contributed by atoms with Gasteiger partial charge in [0.15, 0.2) is 0 Å². The maximum absolute atomic E-state index is 11.5. The van der Waals surface area contributed by atoms with E-state index in [9.17, 15) is 9.59 Å². The predicted octanol–water partition coefficient (Wildman–Crippen LogP) is 1.28. The van der Waals surface area contributed by atoms with E-state index in [1.54, 1.807) is 12.1 Å². The van der Waals surface area contributed by atoms with Crippen LogP contribution in [-0.4, -0.2) is 11.8 Å². The van der Waals surface area contributed by atoms with Gasteiger partial charge in [0.1, 0.15) is 0 Å². The number of benzene rings is 1. The van der Waals surface area contributed by atoms with Crippen LogP contribution >= 0.6 is 0 Å². The second kappa shape index (κ2) is 4.19. The summed E-state index contributed by atoms with van der Waals surface area (Å²) < 4.78 is 0. The molecule has 2 aliphatic rings. The van der Waals surface area contributed by atoms with E-state index in [2.05, 4.69) is 22.5 Å². The molecule has 1 aliphatic heterocycles. The largest absolute Gasteiger partial charge is 0.348 e. The molecule has 0 radical (unpaired) electrons. The summed E-state index contributed by atoms with van der Waals surface area (Å²) >= 11 is 0. The van der Waals surface area contributed by atoms with Gasteiger partial charge < -0.3 is 10.6 Å². The van der Waals surface area contributed by atoms with Crippen molar-refractivity contribution in [3.05, 3.63) is 29.3 Å². The van der Waals surface area contributed by atoms with Crippen LogP contribution < -0.4 is 10.6 Å². The van der Waals surface area contributed by atoms with Crippen molar-refractivity contribution in [1.29, 1.82) is 0 Å². The molecule has 1 saturated carbocycles. The van der Waals surface area contributed by atoms with Gasteiger partial charge in [0, 0.05) is 23.7 Å². The Labute approximate surface area is 105 Å². The fourth-order valence-electron chi connectivity index (χ4n) is 1.87. The first-order chi connectivity index (χ1) is 8.72. The lowest BCUT2D eigenvalue weighted by atomic mass is 10.1. The lowest BCUT2D eigenvalue weighted by Gasteiger charge is -2.02. The molecule has 0 unspecified atom stereocenters. The van der Waals surface area contributed by atoms with E-state index in [1.807, 2.05) is 6.07 Å². The molecule has 4 nitrogen and oxygen atoms in total. The van der Waals surface area contributed by atoms with Gasteiger partial charge in [-0.2, -0.15) is 0 Å². The Balaban J connectivity index is 1.72. The second-order valence-corrected chi connectivity index (χ2v) is 4.55. The minimum atomic E-state index is -0.292. The summed E-state index contributed by atoms with van der Waals surface area (Å²) in [6.07, 6.45) is 2.21. The van der Waals surface area contributed by atoms with Crippen molar-refractivity contribution in [2.45, 2.75) is 19.4 Å². The Morgan fingerprint density at radius 3 is 3.00 bits per heavy atom. The van der Waals surface area contributed by atoms with Gasteiger partial charge in [0.25, 0.3) is 11.8 Å². The summed E-state index contributed by atoms with van der Waals surface area (Å²) in [4.78, 5) is 22.9. The van der Waals surface area contributed by atoms with Crippen molar-refractivity contribution >= 4 is 17.5 Å². The monoisotopic (exact) mass is 240 g/mol. The van der Waals surface area contributed by atoms with Crippen LogP contribution in [0.25, 0.3) is 0 Å². The number of nitrogens with one attached hydrogen (secondary N) is 2. The smallest absolute Gasteiger partial charge is 0.300 e. The van der Waals surface area contributed by atoms with E-state index >= 15 is 0 Å². The standard InChI is InChI=1S/C14H12N2O2/c17-13(6-3-9-1-2-9)16-11-4-5-12-10(7-11)8-15-14(12)18/h4-5,7,9H,1-2,8H2,(H,15,18)(H,16,17). The van der Waals surface area contributed by atoms with E-state index in [1.165, 1.54) is 0 Å². The zero-order chi connectivity index (χ0) is 12.5. The highest BCUT2D eigenvalue weighted by molar-refractivity contribution is 6.05. The number of hydrogen-bond donors (Lipinski definition) is 2. The first kappa shape index (κ1) is 10.8. The van der Waals surface area contributed by atoms with Crippen LogP contribution in [0.2, 0.25) is 0 Å². The lowest BCUT2D eigenvalue weighted by molar-refractivity contribution is -0.111. The lowest BCUT2D eigenvalue weighted by Crippen LogP contribution is -2.12. The average molecular weight is 240 g/mol. The fourth-order valence-corrected chi connectivity index (χ4v) is 1.87. The Kier molecular flexibility index (Phi) is 2.52. The topological polar surface area (TPSA) is 58.2 Å². The van der Waals surface area contributed by atoms with Crippen LogP contribution in [0, 0.1) is 17.8 Å². The molecule has 90 valence electrons. The number of hydrogen-bond acceptors (Lipinski definition) is 2. The molecule has 0 saturated heterocycles. The Bertz CT molecular complexity index is 592. The average Bonchev–Trinajstić information content (AvgIpc) is 3.12. The maximum atomic E-state index is 11.5. The number of carbonyl (C=O) groups is 2. The Hall–Kier alpha value is -2.28. The van der Waals surface area contributed by atoms with Gasteiger partial charge in [-0.25, -0.2) is 0 Å². The van der Waals surface area contributed by atoms with Crippen LogP contribution in [0.1, 0.15) is 28.8 Å². The van der Waals surface area contributed by atoms with Gasteiger partial charge in [-0.3, -0.25) is 9.59 Å². The minimum absolute atomic E-state index is 0.0589. The molecule has 1 aliphatic carbocycles. The minimum Gasteiger partial charge on any atom is -0.348 e. The van der Waals surface area contributed by atoms with Crippen LogP contribution in [-0.2, 0) is 11.3 Å². The molecule has 2 N–H and O–H groups in total. The first-order valence-corrected chi connectivity index (χ1v) is 5.96. The molecular weight excluding hydrogens is 228 g/mol. The Morgan fingerprint density at radius 1 is 1.39 bits per heavy atom. The van der Waals surface area contributed by atoms with Crippen LogP contribution in [0.4, 0.5) is 5.69 Å². The van der Waals surface area contributed by atoms with E-state index < -0.39 is 0 Å². The van der Waals surface area contributed by atoms with Gasteiger partial charge in [0.05, 0.1) is 0 Å². The predicted molar refractivity (Wildman–Crippen MR) is 66.7 cm³/mol. The second-order valence-electron chi connectivity index (χ2n) is 4.55. The highest BCUT2D eigenvalue weighted by Crippen LogP contribution is 2.27. The van der Waals surface area contributed by atoms with Crippen LogP contribution in [0.5, 0.6) is 0 Å². The summed E-state index contributed by atoms with van der Waals surface area (Å²) in [6, 6.07) is 5.26. The van der Waals surface area contributed by atoms with E-state index in [4.69, 9.17) is 0 Å². The number of fused-ring (bicyclic) bond motifs is 1. The molecule has 4 heteroatoms. The maximum Gasteiger partial charge on any atom is 0.300 e. The molecule has 1 heterocycles. The highest BCUT2D eigenvalue weighted by Gasteiger charge is 2.19. The third-order valence-corrected chi connectivity index (χ3v) is 3.01.